The van der Waals surface area contributed by atoms with Gasteiger partial charge in [-0.1, -0.05) is 37.6 Å². The number of halogens is 1. The maximum Gasteiger partial charge on any atom is 0.149 e. The molecule has 0 aliphatic carbocycles. The number of aromatic nitrogens is 1. The number of aryl methyl sites for hydroxylation is 1. The van der Waals surface area contributed by atoms with Crippen LogP contribution in [0.5, 0.6) is 0 Å². The second-order valence-corrected chi connectivity index (χ2v) is 5.94. The van der Waals surface area contributed by atoms with Gasteiger partial charge in [0.1, 0.15) is 14.6 Å². The van der Waals surface area contributed by atoms with E-state index >= 15 is 0 Å². The Labute approximate surface area is 108 Å². The van der Waals surface area contributed by atoms with Crippen LogP contribution in [0.1, 0.15) is 18.9 Å². The van der Waals surface area contributed by atoms with E-state index in [1.807, 2.05) is 0 Å². The zero-order chi connectivity index (χ0) is 11.5. The number of rotatable bonds is 3. The van der Waals surface area contributed by atoms with E-state index in [0.29, 0.717) is 5.82 Å². The first kappa shape index (κ1) is 11.6. The van der Waals surface area contributed by atoms with Crippen LogP contribution in [0.15, 0.2) is 28.1 Å². The molecular formula is C12H13BrN2S. The summed E-state index contributed by atoms with van der Waals surface area (Å²) < 4.78 is 0.903. The average molecular weight is 297 g/mol. The van der Waals surface area contributed by atoms with Crippen molar-refractivity contribution in [3.63, 3.8) is 0 Å². The molecule has 0 bridgehead atoms. The molecule has 0 fully saturated rings. The summed E-state index contributed by atoms with van der Waals surface area (Å²) in [6.45, 7) is 2.19. The SMILES string of the molecule is CCCc1ccc(-c2nc(N)c(Br)s2)cc1. The third kappa shape index (κ3) is 2.44. The van der Waals surface area contributed by atoms with Crippen LogP contribution in [0.2, 0.25) is 0 Å². The zero-order valence-corrected chi connectivity index (χ0v) is 11.4. The van der Waals surface area contributed by atoms with Gasteiger partial charge in [-0.2, -0.15) is 0 Å². The van der Waals surface area contributed by atoms with Crippen LogP contribution >= 0.6 is 27.3 Å². The smallest absolute Gasteiger partial charge is 0.149 e. The highest BCUT2D eigenvalue weighted by atomic mass is 79.9. The molecule has 1 aromatic heterocycles. The molecule has 0 unspecified atom stereocenters. The predicted octanol–water partition coefficient (Wildman–Crippen LogP) is 4.11. The van der Waals surface area contributed by atoms with E-state index in [1.54, 1.807) is 11.3 Å². The third-order valence-electron chi connectivity index (χ3n) is 2.35. The highest BCUT2D eigenvalue weighted by Crippen LogP contribution is 2.33. The van der Waals surface area contributed by atoms with Crippen molar-refractivity contribution in [2.75, 3.05) is 5.73 Å². The molecule has 0 spiro atoms. The molecule has 2 N–H and O–H groups in total. The van der Waals surface area contributed by atoms with E-state index in [4.69, 9.17) is 5.73 Å². The Balaban J connectivity index is 2.27. The van der Waals surface area contributed by atoms with E-state index in [9.17, 15) is 0 Å². The Hall–Kier alpha value is -0.870. The fraction of sp³-hybridized carbons (Fsp3) is 0.250. The summed E-state index contributed by atoms with van der Waals surface area (Å²) in [5, 5.41) is 0.965. The van der Waals surface area contributed by atoms with Gasteiger partial charge in [-0.05, 0) is 27.9 Å². The van der Waals surface area contributed by atoms with E-state index in [-0.39, 0.29) is 0 Å². The van der Waals surface area contributed by atoms with E-state index in [0.717, 1.165) is 20.8 Å². The van der Waals surface area contributed by atoms with Crippen LogP contribution in [-0.4, -0.2) is 4.98 Å². The molecule has 0 aliphatic rings. The van der Waals surface area contributed by atoms with Crippen molar-refractivity contribution in [2.24, 2.45) is 0 Å². The molecule has 2 nitrogen and oxygen atoms in total. The lowest BCUT2D eigenvalue weighted by Gasteiger charge is -1.99. The van der Waals surface area contributed by atoms with Crippen molar-refractivity contribution in [1.29, 1.82) is 0 Å². The molecule has 4 heteroatoms. The monoisotopic (exact) mass is 296 g/mol. The molecule has 2 aromatic rings. The topological polar surface area (TPSA) is 38.9 Å². The molecule has 84 valence electrons. The fourth-order valence-electron chi connectivity index (χ4n) is 1.54. The number of hydrogen-bond donors (Lipinski definition) is 1. The molecule has 0 saturated carbocycles. The van der Waals surface area contributed by atoms with Gasteiger partial charge in [0.05, 0.1) is 0 Å². The summed E-state index contributed by atoms with van der Waals surface area (Å²) >= 11 is 4.95. The summed E-state index contributed by atoms with van der Waals surface area (Å²) in [6, 6.07) is 8.53. The van der Waals surface area contributed by atoms with Crippen LogP contribution < -0.4 is 5.73 Å². The minimum Gasteiger partial charge on any atom is -0.382 e. The van der Waals surface area contributed by atoms with Crippen LogP contribution in [0.25, 0.3) is 10.6 Å². The summed E-state index contributed by atoms with van der Waals surface area (Å²) in [6.07, 6.45) is 2.30. The largest absolute Gasteiger partial charge is 0.382 e. The van der Waals surface area contributed by atoms with Gasteiger partial charge < -0.3 is 5.73 Å². The predicted molar refractivity (Wildman–Crippen MR) is 73.7 cm³/mol. The Kier molecular flexibility index (Phi) is 3.61. The van der Waals surface area contributed by atoms with Crippen LogP contribution in [0.3, 0.4) is 0 Å². The van der Waals surface area contributed by atoms with E-state index in [1.165, 1.54) is 12.0 Å². The second-order valence-electron chi connectivity index (χ2n) is 3.62. The minimum absolute atomic E-state index is 0.567. The van der Waals surface area contributed by atoms with Crippen molar-refractivity contribution in [3.05, 3.63) is 33.6 Å². The van der Waals surface area contributed by atoms with Gasteiger partial charge >= 0.3 is 0 Å². The number of benzene rings is 1. The molecule has 0 saturated heterocycles. The summed E-state index contributed by atoms with van der Waals surface area (Å²) in [4.78, 5) is 4.31. The maximum absolute atomic E-state index is 5.71. The molecule has 0 radical (unpaired) electrons. The minimum atomic E-state index is 0.567. The van der Waals surface area contributed by atoms with Crippen LogP contribution in [-0.2, 0) is 6.42 Å². The maximum atomic E-state index is 5.71. The van der Waals surface area contributed by atoms with Gasteiger partial charge in [0.2, 0.25) is 0 Å². The van der Waals surface area contributed by atoms with Crippen LogP contribution in [0, 0.1) is 0 Å². The summed E-state index contributed by atoms with van der Waals surface area (Å²) in [7, 11) is 0. The van der Waals surface area contributed by atoms with E-state index < -0.39 is 0 Å². The van der Waals surface area contributed by atoms with E-state index in [2.05, 4.69) is 52.1 Å². The molecule has 16 heavy (non-hydrogen) atoms. The number of nitrogens with two attached hydrogens (primary N) is 1. The first-order valence-corrected chi connectivity index (χ1v) is 6.82. The number of anilines is 1. The fourth-order valence-corrected chi connectivity index (χ4v) is 2.81. The lowest BCUT2D eigenvalue weighted by Crippen LogP contribution is -1.85. The lowest BCUT2D eigenvalue weighted by molar-refractivity contribution is 0.922. The van der Waals surface area contributed by atoms with Crippen molar-refractivity contribution < 1.29 is 0 Å². The van der Waals surface area contributed by atoms with Crippen molar-refractivity contribution >= 4 is 33.1 Å². The van der Waals surface area contributed by atoms with Crippen molar-refractivity contribution in [3.8, 4) is 10.6 Å². The van der Waals surface area contributed by atoms with Gasteiger partial charge in [0.15, 0.2) is 0 Å². The van der Waals surface area contributed by atoms with Gasteiger partial charge in [-0.25, -0.2) is 4.98 Å². The lowest BCUT2D eigenvalue weighted by atomic mass is 10.1. The third-order valence-corrected chi connectivity index (χ3v) is 4.15. The summed E-state index contributed by atoms with van der Waals surface area (Å²) in [5.41, 5.74) is 8.21. The highest BCUT2D eigenvalue weighted by Gasteiger charge is 2.07. The Morgan fingerprint density at radius 1 is 1.31 bits per heavy atom. The number of hydrogen-bond acceptors (Lipinski definition) is 3. The molecular weight excluding hydrogens is 284 g/mol. The first-order valence-electron chi connectivity index (χ1n) is 5.22. The standard InChI is InChI=1S/C12H13BrN2S/c1-2-3-8-4-6-9(7-5-8)12-15-11(14)10(13)16-12/h4-7H,2-3,14H2,1H3. The van der Waals surface area contributed by atoms with Crippen molar-refractivity contribution in [1.82, 2.24) is 4.98 Å². The first-order chi connectivity index (χ1) is 7.70. The normalized spacial score (nSPS) is 10.6. The molecule has 0 amide bonds. The Morgan fingerprint density at radius 2 is 2.00 bits per heavy atom. The Morgan fingerprint density at radius 3 is 2.50 bits per heavy atom. The molecule has 0 aliphatic heterocycles. The second kappa shape index (κ2) is 4.97. The van der Waals surface area contributed by atoms with Gasteiger partial charge in [0, 0.05) is 5.56 Å². The van der Waals surface area contributed by atoms with Gasteiger partial charge in [-0.3, -0.25) is 0 Å². The van der Waals surface area contributed by atoms with Crippen LogP contribution in [0.4, 0.5) is 5.82 Å². The zero-order valence-electron chi connectivity index (χ0n) is 9.03. The summed E-state index contributed by atoms with van der Waals surface area (Å²) in [5.74, 6) is 0.567. The molecule has 2 rings (SSSR count). The van der Waals surface area contributed by atoms with Gasteiger partial charge in [0.25, 0.3) is 0 Å². The number of nitrogen functional groups attached to an aromatic ring is 1. The highest BCUT2D eigenvalue weighted by molar-refractivity contribution is 9.11. The van der Waals surface area contributed by atoms with Crippen molar-refractivity contribution in [2.45, 2.75) is 19.8 Å². The van der Waals surface area contributed by atoms with Gasteiger partial charge in [-0.15, -0.1) is 11.3 Å². The quantitative estimate of drug-likeness (QED) is 0.926. The molecule has 0 atom stereocenters. The molecule has 1 heterocycles. The number of thiazole rings is 1. The molecule has 1 aromatic carbocycles. The average Bonchev–Trinajstić information content (AvgIpc) is 2.61. The number of nitrogens with zero attached hydrogens (tertiary/aromatic N) is 1. The Bertz CT molecular complexity index is 457.